The van der Waals surface area contributed by atoms with Crippen LogP contribution in [0.5, 0.6) is 0 Å². The van der Waals surface area contributed by atoms with Gasteiger partial charge >= 0.3 is 0 Å². The van der Waals surface area contributed by atoms with Gasteiger partial charge in [0, 0.05) is 23.1 Å². The molecule has 6 nitrogen and oxygen atoms in total. The Hall–Kier alpha value is -3.58. The van der Waals surface area contributed by atoms with E-state index in [0.29, 0.717) is 21.5 Å². The van der Waals surface area contributed by atoms with Crippen LogP contribution in [-0.4, -0.2) is 21.2 Å². The number of nitrogens with zero attached hydrogens (tertiary/aromatic N) is 2. The second kappa shape index (κ2) is 8.04. The molecule has 0 spiro atoms. The number of carbonyl (C=O) groups excluding carboxylic acids is 2. The SMILES string of the molecule is CC(=O)Nc1ccc(C(=O)C(C)n2cnc3sc(-c4ccccc4)cc3c2=O)cc1. The zero-order valence-corrected chi connectivity index (χ0v) is 17.3. The molecule has 0 aliphatic heterocycles. The van der Waals surface area contributed by atoms with Crippen LogP contribution in [0.2, 0.25) is 0 Å². The number of anilines is 1. The van der Waals surface area contributed by atoms with Crippen molar-refractivity contribution in [1.29, 1.82) is 0 Å². The van der Waals surface area contributed by atoms with E-state index in [-0.39, 0.29) is 17.2 Å². The lowest BCUT2D eigenvalue weighted by Crippen LogP contribution is -2.28. The van der Waals surface area contributed by atoms with Gasteiger partial charge in [0.25, 0.3) is 5.56 Å². The first-order valence-corrected chi connectivity index (χ1v) is 10.2. The summed E-state index contributed by atoms with van der Waals surface area (Å²) < 4.78 is 1.37. The van der Waals surface area contributed by atoms with Gasteiger partial charge in [0.2, 0.25) is 5.91 Å². The highest BCUT2D eigenvalue weighted by Gasteiger charge is 2.20. The van der Waals surface area contributed by atoms with Gasteiger partial charge in [0.15, 0.2) is 5.78 Å². The Morgan fingerprint density at radius 1 is 1.07 bits per heavy atom. The number of carbonyl (C=O) groups is 2. The van der Waals surface area contributed by atoms with E-state index in [1.807, 2.05) is 36.4 Å². The predicted molar refractivity (Wildman–Crippen MR) is 119 cm³/mol. The molecule has 0 fully saturated rings. The Kier molecular flexibility index (Phi) is 5.29. The van der Waals surface area contributed by atoms with E-state index >= 15 is 0 Å². The number of nitrogens with one attached hydrogen (secondary N) is 1. The molecule has 4 rings (SSSR count). The Balaban J connectivity index is 1.65. The second-order valence-electron chi connectivity index (χ2n) is 6.95. The molecule has 1 unspecified atom stereocenters. The maximum Gasteiger partial charge on any atom is 0.262 e. The Bertz CT molecular complexity index is 1290. The fourth-order valence-electron chi connectivity index (χ4n) is 3.25. The standard InChI is InChI=1S/C23H19N3O3S/c1-14(21(28)17-8-10-18(11-9-17)25-15(2)27)26-13-24-22-19(23(26)29)12-20(30-22)16-6-4-3-5-7-16/h3-14H,1-2H3,(H,25,27). The van der Waals surface area contributed by atoms with Gasteiger partial charge in [-0.05, 0) is 42.8 Å². The molecule has 1 amide bonds. The number of rotatable bonds is 5. The third-order valence-corrected chi connectivity index (χ3v) is 5.91. The molecule has 0 bridgehead atoms. The number of benzene rings is 2. The second-order valence-corrected chi connectivity index (χ2v) is 7.98. The molecule has 4 aromatic rings. The lowest BCUT2D eigenvalue weighted by molar-refractivity contribution is -0.114. The average Bonchev–Trinajstić information content (AvgIpc) is 3.19. The number of amides is 1. The monoisotopic (exact) mass is 417 g/mol. The van der Waals surface area contributed by atoms with Gasteiger partial charge in [-0.1, -0.05) is 30.3 Å². The van der Waals surface area contributed by atoms with Gasteiger partial charge in [-0.15, -0.1) is 11.3 Å². The van der Waals surface area contributed by atoms with Crippen molar-refractivity contribution in [1.82, 2.24) is 9.55 Å². The van der Waals surface area contributed by atoms with Crippen LogP contribution in [0.1, 0.15) is 30.2 Å². The first-order chi connectivity index (χ1) is 14.4. The van der Waals surface area contributed by atoms with E-state index in [1.165, 1.54) is 29.2 Å². The van der Waals surface area contributed by atoms with Crippen molar-refractivity contribution in [2.75, 3.05) is 5.32 Å². The third kappa shape index (κ3) is 3.79. The van der Waals surface area contributed by atoms with Crippen LogP contribution < -0.4 is 10.9 Å². The average molecular weight is 417 g/mol. The number of fused-ring (bicyclic) bond motifs is 1. The van der Waals surface area contributed by atoms with Gasteiger partial charge in [-0.2, -0.15) is 0 Å². The molecule has 1 N–H and O–H groups in total. The van der Waals surface area contributed by atoms with Crippen molar-refractivity contribution in [2.24, 2.45) is 0 Å². The zero-order chi connectivity index (χ0) is 21.3. The number of hydrogen-bond acceptors (Lipinski definition) is 5. The summed E-state index contributed by atoms with van der Waals surface area (Å²) in [4.78, 5) is 43.1. The molecule has 2 heterocycles. The van der Waals surface area contributed by atoms with Crippen molar-refractivity contribution in [3.63, 3.8) is 0 Å². The number of aromatic nitrogens is 2. The van der Waals surface area contributed by atoms with Crippen molar-refractivity contribution in [3.05, 3.63) is 82.9 Å². The molecule has 30 heavy (non-hydrogen) atoms. The molecule has 1 atom stereocenters. The minimum absolute atomic E-state index is 0.181. The van der Waals surface area contributed by atoms with E-state index < -0.39 is 6.04 Å². The summed E-state index contributed by atoms with van der Waals surface area (Å²) in [6, 6.07) is 17.5. The van der Waals surface area contributed by atoms with E-state index in [9.17, 15) is 14.4 Å². The van der Waals surface area contributed by atoms with Crippen molar-refractivity contribution < 1.29 is 9.59 Å². The van der Waals surface area contributed by atoms with E-state index in [2.05, 4.69) is 10.3 Å². The first kappa shape index (κ1) is 19.7. The molecule has 0 aliphatic rings. The summed E-state index contributed by atoms with van der Waals surface area (Å²) in [5.74, 6) is -0.384. The Morgan fingerprint density at radius 3 is 2.43 bits per heavy atom. The topological polar surface area (TPSA) is 81.1 Å². The van der Waals surface area contributed by atoms with E-state index in [4.69, 9.17) is 0 Å². The molecule has 150 valence electrons. The van der Waals surface area contributed by atoms with Crippen LogP contribution in [0.3, 0.4) is 0 Å². The van der Waals surface area contributed by atoms with Crippen molar-refractivity contribution in [2.45, 2.75) is 19.9 Å². The molecular weight excluding hydrogens is 398 g/mol. The van der Waals surface area contributed by atoms with Gasteiger partial charge in [-0.25, -0.2) is 4.98 Å². The molecule has 0 radical (unpaired) electrons. The van der Waals surface area contributed by atoms with Gasteiger partial charge in [0.1, 0.15) is 4.83 Å². The normalized spacial score (nSPS) is 11.9. The summed E-state index contributed by atoms with van der Waals surface area (Å²) in [5, 5.41) is 3.16. The lowest BCUT2D eigenvalue weighted by atomic mass is 10.0. The predicted octanol–water partition coefficient (Wildman–Crippen LogP) is 4.53. The summed E-state index contributed by atoms with van der Waals surface area (Å²) in [7, 11) is 0. The number of ketones is 1. The summed E-state index contributed by atoms with van der Waals surface area (Å²) in [5.41, 5.74) is 1.85. The summed E-state index contributed by atoms with van der Waals surface area (Å²) in [6.07, 6.45) is 1.43. The highest BCUT2D eigenvalue weighted by molar-refractivity contribution is 7.21. The smallest absolute Gasteiger partial charge is 0.262 e. The van der Waals surface area contributed by atoms with Crippen molar-refractivity contribution >= 4 is 38.9 Å². The number of thiophene rings is 1. The molecule has 2 aromatic heterocycles. The Labute approximate surface area is 176 Å². The molecule has 2 aromatic carbocycles. The van der Waals surface area contributed by atoms with Gasteiger partial charge in [0.05, 0.1) is 17.8 Å². The number of Topliss-reactive ketones (excluding diaryl/α,β-unsaturated/α-hetero) is 1. The first-order valence-electron chi connectivity index (χ1n) is 9.42. The van der Waals surface area contributed by atoms with Crippen molar-refractivity contribution in [3.8, 4) is 10.4 Å². The molecular formula is C23H19N3O3S. The highest BCUT2D eigenvalue weighted by Crippen LogP contribution is 2.30. The summed E-state index contributed by atoms with van der Waals surface area (Å²) >= 11 is 1.45. The quantitative estimate of drug-likeness (QED) is 0.484. The molecule has 0 aliphatic carbocycles. The van der Waals surface area contributed by atoms with Crippen LogP contribution in [0.15, 0.2) is 71.8 Å². The number of hydrogen-bond donors (Lipinski definition) is 1. The largest absolute Gasteiger partial charge is 0.326 e. The minimum Gasteiger partial charge on any atom is -0.326 e. The lowest BCUT2D eigenvalue weighted by Gasteiger charge is -2.14. The fourth-order valence-corrected chi connectivity index (χ4v) is 4.24. The Morgan fingerprint density at radius 2 is 1.77 bits per heavy atom. The van der Waals surface area contributed by atoms with Gasteiger partial charge < -0.3 is 5.32 Å². The maximum absolute atomic E-state index is 13.1. The molecule has 0 saturated carbocycles. The maximum atomic E-state index is 13.1. The van der Waals surface area contributed by atoms with Crippen LogP contribution >= 0.6 is 11.3 Å². The highest BCUT2D eigenvalue weighted by atomic mass is 32.1. The van der Waals surface area contributed by atoms with Crippen LogP contribution in [-0.2, 0) is 4.79 Å². The van der Waals surface area contributed by atoms with Gasteiger partial charge in [-0.3, -0.25) is 19.0 Å². The van der Waals surface area contributed by atoms with E-state index in [0.717, 1.165) is 10.4 Å². The molecule has 0 saturated heterocycles. The van der Waals surface area contributed by atoms with E-state index in [1.54, 1.807) is 31.2 Å². The minimum atomic E-state index is -0.707. The van der Waals surface area contributed by atoms with Crippen LogP contribution in [0.25, 0.3) is 20.7 Å². The zero-order valence-electron chi connectivity index (χ0n) is 16.5. The van der Waals surface area contributed by atoms with Crippen LogP contribution in [0.4, 0.5) is 5.69 Å². The fraction of sp³-hybridized carbons (Fsp3) is 0.130. The summed E-state index contributed by atoms with van der Waals surface area (Å²) in [6.45, 7) is 3.10. The third-order valence-electron chi connectivity index (χ3n) is 4.82. The molecule has 7 heteroatoms. The van der Waals surface area contributed by atoms with Crippen LogP contribution in [0, 0.1) is 0 Å².